The summed E-state index contributed by atoms with van der Waals surface area (Å²) < 4.78 is 9.89. The van der Waals surface area contributed by atoms with E-state index in [0.717, 1.165) is 31.4 Å². The fraction of sp³-hybridized carbons (Fsp3) is 0.438. The number of fused-ring (bicyclic) bond motifs is 1. The van der Waals surface area contributed by atoms with E-state index in [4.69, 9.17) is 4.74 Å². The molecule has 0 fully saturated rings. The van der Waals surface area contributed by atoms with Crippen LogP contribution in [0.4, 0.5) is 0 Å². The first-order valence-corrected chi connectivity index (χ1v) is 6.66. The molecule has 0 N–H and O–H groups in total. The SMILES string of the molecule is COC(=O)CCCC1=Cc2ccc(OC)cc2CC1. The van der Waals surface area contributed by atoms with E-state index < -0.39 is 0 Å². The number of rotatable bonds is 5. The third-order valence-electron chi connectivity index (χ3n) is 3.53. The third kappa shape index (κ3) is 3.60. The highest BCUT2D eigenvalue weighted by molar-refractivity contribution is 5.69. The van der Waals surface area contributed by atoms with Gasteiger partial charge in [-0.15, -0.1) is 0 Å². The van der Waals surface area contributed by atoms with Crippen molar-refractivity contribution >= 4 is 12.0 Å². The van der Waals surface area contributed by atoms with Gasteiger partial charge in [-0.25, -0.2) is 0 Å². The lowest BCUT2D eigenvalue weighted by atomic mass is 9.90. The Morgan fingerprint density at radius 3 is 2.84 bits per heavy atom. The number of methoxy groups -OCH3 is 2. The smallest absolute Gasteiger partial charge is 0.305 e. The van der Waals surface area contributed by atoms with Crippen molar-refractivity contribution in [2.45, 2.75) is 32.1 Å². The molecule has 0 saturated carbocycles. The molecule has 1 aliphatic rings. The maximum Gasteiger partial charge on any atom is 0.305 e. The predicted molar refractivity (Wildman–Crippen MR) is 75.2 cm³/mol. The van der Waals surface area contributed by atoms with E-state index in [9.17, 15) is 4.79 Å². The van der Waals surface area contributed by atoms with Gasteiger partial charge in [0.15, 0.2) is 0 Å². The molecule has 0 radical (unpaired) electrons. The van der Waals surface area contributed by atoms with Gasteiger partial charge in [0, 0.05) is 6.42 Å². The number of ether oxygens (including phenoxy) is 2. The number of carbonyl (C=O) groups is 1. The minimum absolute atomic E-state index is 0.124. The van der Waals surface area contributed by atoms with Gasteiger partial charge in [-0.05, 0) is 48.9 Å². The molecule has 0 spiro atoms. The molecule has 1 aliphatic carbocycles. The van der Waals surface area contributed by atoms with Crippen molar-refractivity contribution in [2.75, 3.05) is 14.2 Å². The summed E-state index contributed by atoms with van der Waals surface area (Å²) in [4.78, 5) is 11.1. The number of allylic oxidation sites excluding steroid dienone is 1. The Morgan fingerprint density at radius 2 is 2.11 bits per heavy atom. The second kappa shape index (κ2) is 6.41. The monoisotopic (exact) mass is 260 g/mol. The molecule has 3 nitrogen and oxygen atoms in total. The molecule has 2 rings (SSSR count). The number of carbonyl (C=O) groups excluding carboxylic acids is 1. The van der Waals surface area contributed by atoms with Crippen molar-refractivity contribution in [3.8, 4) is 5.75 Å². The van der Waals surface area contributed by atoms with Gasteiger partial charge in [0.1, 0.15) is 5.75 Å². The zero-order chi connectivity index (χ0) is 13.7. The van der Waals surface area contributed by atoms with Crippen molar-refractivity contribution in [3.05, 3.63) is 34.9 Å². The summed E-state index contributed by atoms with van der Waals surface area (Å²) in [7, 11) is 3.13. The summed E-state index contributed by atoms with van der Waals surface area (Å²) in [5.41, 5.74) is 4.04. The highest BCUT2D eigenvalue weighted by atomic mass is 16.5. The molecule has 0 heterocycles. The standard InChI is InChI=1S/C16H20O3/c1-18-15-9-8-13-10-12(6-7-14(13)11-15)4-3-5-16(17)19-2/h8-11H,3-7H2,1-2H3. The van der Waals surface area contributed by atoms with E-state index in [1.165, 1.54) is 23.8 Å². The van der Waals surface area contributed by atoms with E-state index in [-0.39, 0.29) is 5.97 Å². The average Bonchev–Trinajstić information content (AvgIpc) is 2.46. The zero-order valence-corrected chi connectivity index (χ0v) is 11.6. The normalized spacial score (nSPS) is 13.5. The number of hydrogen-bond acceptors (Lipinski definition) is 3. The first kappa shape index (κ1) is 13.7. The Kier molecular flexibility index (Phi) is 4.61. The van der Waals surface area contributed by atoms with Crippen LogP contribution in [0.15, 0.2) is 23.8 Å². The van der Waals surface area contributed by atoms with Crippen LogP contribution in [0.2, 0.25) is 0 Å². The van der Waals surface area contributed by atoms with Crippen LogP contribution in [0.3, 0.4) is 0 Å². The molecular weight excluding hydrogens is 240 g/mol. The van der Waals surface area contributed by atoms with Crippen molar-refractivity contribution in [2.24, 2.45) is 0 Å². The van der Waals surface area contributed by atoms with Gasteiger partial charge in [-0.1, -0.05) is 17.7 Å². The average molecular weight is 260 g/mol. The topological polar surface area (TPSA) is 35.5 Å². The summed E-state index contributed by atoms with van der Waals surface area (Å²) in [5, 5.41) is 0. The summed E-state index contributed by atoms with van der Waals surface area (Å²) in [6.07, 6.45) is 6.71. The van der Waals surface area contributed by atoms with Gasteiger partial charge >= 0.3 is 5.97 Å². The summed E-state index contributed by atoms with van der Waals surface area (Å²) in [6.45, 7) is 0. The Morgan fingerprint density at radius 1 is 1.26 bits per heavy atom. The molecule has 0 atom stereocenters. The van der Waals surface area contributed by atoms with Crippen molar-refractivity contribution < 1.29 is 14.3 Å². The first-order chi connectivity index (χ1) is 9.22. The Hall–Kier alpha value is -1.77. The van der Waals surface area contributed by atoms with E-state index in [2.05, 4.69) is 22.9 Å². The fourth-order valence-electron chi connectivity index (χ4n) is 2.41. The van der Waals surface area contributed by atoms with E-state index in [0.29, 0.717) is 6.42 Å². The maximum absolute atomic E-state index is 11.1. The molecule has 19 heavy (non-hydrogen) atoms. The molecule has 102 valence electrons. The van der Waals surface area contributed by atoms with Crippen LogP contribution in [-0.2, 0) is 16.0 Å². The highest BCUT2D eigenvalue weighted by Gasteiger charge is 2.11. The summed E-state index contributed by atoms with van der Waals surface area (Å²) in [6, 6.07) is 6.21. The lowest BCUT2D eigenvalue weighted by Gasteiger charge is -2.17. The predicted octanol–water partition coefficient (Wildman–Crippen LogP) is 3.37. The maximum atomic E-state index is 11.1. The first-order valence-electron chi connectivity index (χ1n) is 6.66. The van der Waals surface area contributed by atoms with Crippen LogP contribution < -0.4 is 4.74 Å². The molecule has 0 saturated heterocycles. The molecule has 0 aromatic heterocycles. The quantitative estimate of drug-likeness (QED) is 0.761. The molecule has 0 aliphatic heterocycles. The number of esters is 1. The van der Waals surface area contributed by atoms with E-state index >= 15 is 0 Å². The van der Waals surface area contributed by atoms with E-state index in [1.807, 2.05) is 6.07 Å². The molecule has 1 aromatic carbocycles. The zero-order valence-electron chi connectivity index (χ0n) is 11.6. The van der Waals surface area contributed by atoms with E-state index in [1.54, 1.807) is 7.11 Å². The van der Waals surface area contributed by atoms with Gasteiger partial charge in [0.05, 0.1) is 14.2 Å². The number of aryl methyl sites for hydroxylation is 1. The number of hydrogen-bond donors (Lipinski definition) is 0. The second-order valence-corrected chi connectivity index (χ2v) is 4.80. The Bertz CT molecular complexity index is 489. The number of benzene rings is 1. The van der Waals surface area contributed by atoms with Crippen LogP contribution in [0, 0.1) is 0 Å². The fourth-order valence-corrected chi connectivity index (χ4v) is 2.41. The van der Waals surface area contributed by atoms with Crippen LogP contribution in [-0.4, -0.2) is 20.2 Å². The van der Waals surface area contributed by atoms with Gasteiger partial charge < -0.3 is 9.47 Å². The molecule has 0 bridgehead atoms. The minimum atomic E-state index is -0.124. The summed E-state index contributed by atoms with van der Waals surface area (Å²) in [5.74, 6) is 0.794. The molecule has 0 unspecified atom stereocenters. The van der Waals surface area contributed by atoms with Crippen molar-refractivity contribution in [1.82, 2.24) is 0 Å². The Balaban J connectivity index is 1.97. The van der Waals surface area contributed by atoms with Gasteiger partial charge in [-0.3, -0.25) is 4.79 Å². The van der Waals surface area contributed by atoms with Crippen LogP contribution in [0.1, 0.15) is 36.8 Å². The van der Waals surface area contributed by atoms with Crippen molar-refractivity contribution in [3.63, 3.8) is 0 Å². The summed E-state index contributed by atoms with van der Waals surface area (Å²) >= 11 is 0. The lowest BCUT2D eigenvalue weighted by Crippen LogP contribution is -2.02. The van der Waals surface area contributed by atoms with Crippen LogP contribution in [0.25, 0.3) is 6.08 Å². The van der Waals surface area contributed by atoms with Crippen LogP contribution >= 0.6 is 0 Å². The highest BCUT2D eigenvalue weighted by Crippen LogP contribution is 2.29. The molecule has 0 amide bonds. The molecule has 3 heteroatoms. The van der Waals surface area contributed by atoms with Crippen molar-refractivity contribution in [1.29, 1.82) is 0 Å². The van der Waals surface area contributed by atoms with Gasteiger partial charge in [0.2, 0.25) is 0 Å². The molecular formula is C16H20O3. The lowest BCUT2D eigenvalue weighted by molar-refractivity contribution is -0.140. The minimum Gasteiger partial charge on any atom is -0.497 e. The second-order valence-electron chi connectivity index (χ2n) is 4.80. The largest absolute Gasteiger partial charge is 0.497 e. The third-order valence-corrected chi connectivity index (χ3v) is 3.53. The van der Waals surface area contributed by atoms with Crippen LogP contribution in [0.5, 0.6) is 5.75 Å². The molecule has 1 aromatic rings. The van der Waals surface area contributed by atoms with Gasteiger partial charge in [-0.2, -0.15) is 0 Å². The van der Waals surface area contributed by atoms with Gasteiger partial charge in [0.25, 0.3) is 0 Å². The Labute approximate surface area is 114 Å².